The number of halogens is 1. The SMILES string of the molecule is CC(=O)Nc1cccc(NC(=O)COc2cc3oc(=O)cc(-c4ccccc4)c3cc2Cl)c1. The molecule has 3 aromatic carbocycles. The fraction of sp³-hybridized carbons (Fsp3) is 0.0800. The summed E-state index contributed by atoms with van der Waals surface area (Å²) in [6.07, 6.45) is 0. The molecule has 0 spiro atoms. The van der Waals surface area contributed by atoms with Gasteiger partial charge in [-0.1, -0.05) is 48.0 Å². The lowest BCUT2D eigenvalue weighted by molar-refractivity contribution is -0.118. The normalized spacial score (nSPS) is 10.6. The molecule has 1 aromatic heterocycles. The molecule has 0 aliphatic rings. The van der Waals surface area contributed by atoms with Crippen LogP contribution in [0, 0.1) is 0 Å². The number of hydrogen-bond donors (Lipinski definition) is 2. The highest BCUT2D eigenvalue weighted by atomic mass is 35.5. The molecule has 2 N–H and O–H groups in total. The smallest absolute Gasteiger partial charge is 0.336 e. The molecule has 2 amide bonds. The zero-order valence-electron chi connectivity index (χ0n) is 17.6. The average Bonchev–Trinajstić information content (AvgIpc) is 2.78. The van der Waals surface area contributed by atoms with E-state index in [0.29, 0.717) is 27.9 Å². The van der Waals surface area contributed by atoms with Crippen LogP contribution in [0.3, 0.4) is 0 Å². The van der Waals surface area contributed by atoms with Crippen LogP contribution in [0.2, 0.25) is 5.02 Å². The Morgan fingerprint density at radius 3 is 2.39 bits per heavy atom. The van der Waals surface area contributed by atoms with Crippen LogP contribution >= 0.6 is 11.6 Å². The maximum absolute atomic E-state index is 12.3. The largest absolute Gasteiger partial charge is 0.482 e. The maximum atomic E-state index is 12.3. The quantitative estimate of drug-likeness (QED) is 0.389. The number of ether oxygens (including phenoxy) is 1. The monoisotopic (exact) mass is 462 g/mol. The van der Waals surface area contributed by atoms with Gasteiger partial charge in [-0.05, 0) is 35.4 Å². The van der Waals surface area contributed by atoms with E-state index in [1.165, 1.54) is 19.1 Å². The van der Waals surface area contributed by atoms with Crippen molar-refractivity contribution in [1.29, 1.82) is 0 Å². The second-order valence-electron chi connectivity index (χ2n) is 7.22. The van der Waals surface area contributed by atoms with Crippen molar-refractivity contribution in [1.82, 2.24) is 0 Å². The van der Waals surface area contributed by atoms with Crippen LogP contribution in [-0.4, -0.2) is 18.4 Å². The van der Waals surface area contributed by atoms with Gasteiger partial charge in [0.05, 0.1) is 5.02 Å². The molecule has 4 rings (SSSR count). The average molecular weight is 463 g/mol. The predicted molar refractivity (Wildman–Crippen MR) is 128 cm³/mol. The number of carbonyl (C=O) groups excluding carboxylic acids is 2. The van der Waals surface area contributed by atoms with E-state index in [0.717, 1.165) is 5.56 Å². The minimum atomic E-state index is -0.508. The van der Waals surface area contributed by atoms with E-state index in [9.17, 15) is 14.4 Å². The van der Waals surface area contributed by atoms with E-state index < -0.39 is 11.5 Å². The summed E-state index contributed by atoms with van der Waals surface area (Å²) in [7, 11) is 0. The highest BCUT2D eigenvalue weighted by Gasteiger charge is 2.14. The number of rotatable bonds is 6. The van der Waals surface area contributed by atoms with E-state index in [4.69, 9.17) is 20.8 Å². The van der Waals surface area contributed by atoms with Gasteiger partial charge in [-0.25, -0.2) is 4.79 Å². The molecule has 33 heavy (non-hydrogen) atoms. The topological polar surface area (TPSA) is 97.6 Å². The number of anilines is 2. The first-order valence-corrected chi connectivity index (χ1v) is 10.4. The van der Waals surface area contributed by atoms with Gasteiger partial charge in [-0.2, -0.15) is 0 Å². The molecule has 0 unspecified atom stereocenters. The fourth-order valence-corrected chi connectivity index (χ4v) is 3.57. The number of fused-ring (bicyclic) bond motifs is 1. The molecular formula is C25H19ClN2O5. The Balaban J connectivity index is 1.52. The van der Waals surface area contributed by atoms with Gasteiger partial charge >= 0.3 is 5.63 Å². The lowest BCUT2D eigenvalue weighted by atomic mass is 10.0. The van der Waals surface area contributed by atoms with Gasteiger partial charge in [-0.3, -0.25) is 9.59 Å². The summed E-state index contributed by atoms with van der Waals surface area (Å²) >= 11 is 6.40. The molecule has 0 bridgehead atoms. The Bertz CT molecular complexity index is 1400. The number of benzene rings is 3. The van der Waals surface area contributed by atoms with Gasteiger partial charge in [-0.15, -0.1) is 0 Å². The summed E-state index contributed by atoms with van der Waals surface area (Å²) in [6.45, 7) is 1.08. The third-order valence-electron chi connectivity index (χ3n) is 4.71. The van der Waals surface area contributed by atoms with E-state index in [1.807, 2.05) is 30.3 Å². The molecular weight excluding hydrogens is 444 g/mol. The minimum Gasteiger partial charge on any atom is -0.482 e. The standard InChI is InChI=1S/C25H19ClN2O5/c1-15(29)27-17-8-5-9-18(10-17)28-24(30)14-32-23-13-22-20(11-21(23)26)19(12-25(31)33-22)16-6-3-2-4-7-16/h2-13H,14H2,1H3,(H,27,29)(H,28,30). The van der Waals surface area contributed by atoms with Crippen molar-refractivity contribution in [2.24, 2.45) is 0 Å². The summed E-state index contributed by atoms with van der Waals surface area (Å²) in [4.78, 5) is 35.6. The first-order chi connectivity index (χ1) is 15.9. The van der Waals surface area contributed by atoms with Crippen LogP contribution < -0.4 is 21.0 Å². The van der Waals surface area contributed by atoms with Crippen molar-refractivity contribution in [2.75, 3.05) is 17.2 Å². The van der Waals surface area contributed by atoms with E-state index in [-0.39, 0.29) is 23.3 Å². The second kappa shape index (κ2) is 9.58. The van der Waals surface area contributed by atoms with Gasteiger partial charge in [0, 0.05) is 35.8 Å². The fourth-order valence-electron chi connectivity index (χ4n) is 3.35. The molecule has 0 aliphatic heterocycles. The molecule has 0 saturated heterocycles. The maximum Gasteiger partial charge on any atom is 0.336 e. The van der Waals surface area contributed by atoms with Gasteiger partial charge < -0.3 is 19.8 Å². The predicted octanol–water partition coefficient (Wildman–Crippen LogP) is 5.09. The second-order valence-corrected chi connectivity index (χ2v) is 7.63. The summed E-state index contributed by atoms with van der Waals surface area (Å²) in [5.74, 6) is -0.430. The Kier molecular flexibility index (Phi) is 6.42. The molecule has 8 heteroatoms. The van der Waals surface area contributed by atoms with E-state index in [1.54, 1.807) is 30.3 Å². The molecule has 1 heterocycles. The minimum absolute atomic E-state index is 0.208. The Morgan fingerprint density at radius 2 is 1.67 bits per heavy atom. The van der Waals surface area contributed by atoms with Gasteiger partial charge in [0.25, 0.3) is 5.91 Å². The molecule has 0 radical (unpaired) electrons. The molecule has 0 fully saturated rings. The highest BCUT2D eigenvalue weighted by molar-refractivity contribution is 6.33. The van der Waals surface area contributed by atoms with Crippen LogP contribution in [-0.2, 0) is 9.59 Å². The van der Waals surface area contributed by atoms with Crippen LogP contribution in [0.1, 0.15) is 6.92 Å². The van der Waals surface area contributed by atoms with Crippen LogP contribution in [0.4, 0.5) is 11.4 Å². The summed E-state index contributed by atoms with van der Waals surface area (Å²) in [5.41, 5.74) is 2.38. The number of amides is 2. The van der Waals surface area contributed by atoms with Crippen molar-refractivity contribution >= 4 is 45.8 Å². The molecule has 4 aromatic rings. The zero-order chi connectivity index (χ0) is 23.4. The summed E-state index contributed by atoms with van der Waals surface area (Å²) in [6, 6.07) is 20.7. The van der Waals surface area contributed by atoms with Crippen molar-refractivity contribution in [3.05, 3.63) is 88.2 Å². The Hall–Kier alpha value is -4.10. The molecule has 0 atom stereocenters. The van der Waals surface area contributed by atoms with Crippen molar-refractivity contribution < 1.29 is 18.7 Å². The highest BCUT2D eigenvalue weighted by Crippen LogP contribution is 2.34. The first-order valence-electron chi connectivity index (χ1n) is 10.0. The third-order valence-corrected chi connectivity index (χ3v) is 5.00. The molecule has 7 nitrogen and oxygen atoms in total. The molecule has 166 valence electrons. The summed E-state index contributed by atoms with van der Waals surface area (Å²) < 4.78 is 10.9. The summed E-state index contributed by atoms with van der Waals surface area (Å²) in [5, 5.41) is 6.26. The molecule has 0 saturated carbocycles. The lowest BCUT2D eigenvalue weighted by Crippen LogP contribution is -2.20. The first kappa shape index (κ1) is 22.1. The van der Waals surface area contributed by atoms with Crippen molar-refractivity contribution in [3.8, 4) is 16.9 Å². The van der Waals surface area contributed by atoms with Gasteiger partial charge in [0.2, 0.25) is 5.91 Å². The van der Waals surface area contributed by atoms with E-state index in [2.05, 4.69) is 10.6 Å². The third kappa shape index (κ3) is 5.39. The van der Waals surface area contributed by atoms with Gasteiger partial charge in [0.1, 0.15) is 11.3 Å². The number of hydrogen-bond acceptors (Lipinski definition) is 5. The molecule has 0 aliphatic carbocycles. The van der Waals surface area contributed by atoms with Crippen LogP contribution in [0.5, 0.6) is 5.75 Å². The van der Waals surface area contributed by atoms with Crippen molar-refractivity contribution in [3.63, 3.8) is 0 Å². The Labute approximate surface area is 193 Å². The van der Waals surface area contributed by atoms with Crippen LogP contribution in [0.25, 0.3) is 22.1 Å². The zero-order valence-corrected chi connectivity index (χ0v) is 18.3. The van der Waals surface area contributed by atoms with Crippen molar-refractivity contribution in [2.45, 2.75) is 6.92 Å². The number of nitrogens with one attached hydrogen (secondary N) is 2. The Morgan fingerprint density at radius 1 is 0.939 bits per heavy atom. The van der Waals surface area contributed by atoms with Gasteiger partial charge in [0.15, 0.2) is 6.61 Å². The lowest BCUT2D eigenvalue weighted by Gasteiger charge is -2.12. The van der Waals surface area contributed by atoms with E-state index >= 15 is 0 Å². The van der Waals surface area contributed by atoms with Crippen LogP contribution in [0.15, 0.2) is 82.0 Å². The number of carbonyl (C=O) groups is 2.